The molecule has 0 atom stereocenters. The summed E-state index contributed by atoms with van der Waals surface area (Å²) in [5.74, 6) is -2.54. The van der Waals surface area contributed by atoms with Crippen LogP contribution in [-0.4, -0.2) is 10.1 Å². The molecule has 0 radical (unpaired) electrons. The number of rotatable bonds is 1. The standard InChI is InChI=1S/C14H8F4N2O2/c1-6-4-7(8(5-19)13(22)20-6)11-10(15)3-2-9(12(11)21)14(16,17)18/h2-4,21H,1H3,(H,20,22). The number of nitrogens with zero attached hydrogens (tertiary/aromatic N) is 1. The van der Waals surface area contributed by atoms with Crippen molar-refractivity contribution >= 4 is 0 Å². The SMILES string of the molecule is Cc1cc(-c2c(F)ccc(C(F)(F)F)c2O)c(C#N)c(=O)[nH]1. The molecule has 0 spiro atoms. The lowest BCUT2D eigenvalue weighted by molar-refractivity contribution is -0.138. The van der Waals surface area contributed by atoms with Gasteiger partial charge in [0.05, 0.1) is 11.1 Å². The summed E-state index contributed by atoms with van der Waals surface area (Å²) in [7, 11) is 0. The summed E-state index contributed by atoms with van der Waals surface area (Å²) in [6, 6.07) is 3.54. The molecule has 0 aliphatic carbocycles. The molecule has 8 heteroatoms. The second kappa shape index (κ2) is 5.18. The molecular weight excluding hydrogens is 304 g/mol. The number of benzene rings is 1. The van der Waals surface area contributed by atoms with Gasteiger partial charge in [0.2, 0.25) is 0 Å². The van der Waals surface area contributed by atoms with Gasteiger partial charge in [-0.1, -0.05) is 0 Å². The molecule has 0 amide bonds. The van der Waals surface area contributed by atoms with Gasteiger partial charge in [-0.25, -0.2) is 4.39 Å². The number of hydrogen-bond donors (Lipinski definition) is 2. The predicted octanol–water partition coefficient (Wildman–Crippen LogP) is 3.09. The molecule has 1 aromatic heterocycles. The molecule has 2 rings (SSSR count). The number of phenolic OH excluding ortho intramolecular Hbond substituents is 1. The first-order valence-electron chi connectivity index (χ1n) is 5.90. The first-order valence-corrected chi connectivity index (χ1v) is 5.90. The lowest BCUT2D eigenvalue weighted by Gasteiger charge is -2.14. The summed E-state index contributed by atoms with van der Waals surface area (Å²) in [5, 5.41) is 18.7. The molecule has 1 heterocycles. The van der Waals surface area contributed by atoms with Crippen LogP contribution in [0.15, 0.2) is 23.0 Å². The highest BCUT2D eigenvalue weighted by molar-refractivity contribution is 5.77. The molecule has 114 valence electrons. The van der Waals surface area contributed by atoms with E-state index in [1.54, 1.807) is 0 Å². The van der Waals surface area contributed by atoms with Gasteiger partial charge in [0.15, 0.2) is 0 Å². The van der Waals surface area contributed by atoms with Gasteiger partial charge in [0.1, 0.15) is 23.2 Å². The Labute approximate surface area is 121 Å². The highest BCUT2D eigenvalue weighted by atomic mass is 19.4. The predicted molar refractivity (Wildman–Crippen MR) is 68.6 cm³/mol. The lowest BCUT2D eigenvalue weighted by atomic mass is 9.97. The number of H-pyrrole nitrogens is 1. The van der Waals surface area contributed by atoms with Gasteiger partial charge in [-0.15, -0.1) is 0 Å². The summed E-state index contributed by atoms with van der Waals surface area (Å²) in [4.78, 5) is 13.9. The fourth-order valence-corrected chi connectivity index (χ4v) is 2.05. The van der Waals surface area contributed by atoms with Crippen molar-refractivity contribution in [1.29, 1.82) is 5.26 Å². The minimum atomic E-state index is -4.91. The summed E-state index contributed by atoms with van der Waals surface area (Å²) < 4.78 is 52.3. The average molecular weight is 312 g/mol. The summed E-state index contributed by atoms with van der Waals surface area (Å²) in [6.07, 6.45) is -4.91. The monoisotopic (exact) mass is 312 g/mol. The smallest absolute Gasteiger partial charge is 0.419 e. The van der Waals surface area contributed by atoms with Crippen molar-refractivity contribution in [2.24, 2.45) is 0 Å². The molecule has 0 saturated carbocycles. The Bertz CT molecular complexity index is 848. The Morgan fingerprint density at radius 3 is 2.50 bits per heavy atom. The highest BCUT2D eigenvalue weighted by Crippen LogP contribution is 2.42. The highest BCUT2D eigenvalue weighted by Gasteiger charge is 2.36. The quantitative estimate of drug-likeness (QED) is 0.794. The van der Waals surface area contributed by atoms with Gasteiger partial charge in [-0.3, -0.25) is 4.79 Å². The first kappa shape index (κ1) is 15.6. The zero-order chi connectivity index (χ0) is 16.7. The molecule has 0 aliphatic rings. The van der Waals surface area contributed by atoms with E-state index in [0.717, 1.165) is 6.07 Å². The van der Waals surface area contributed by atoms with E-state index >= 15 is 0 Å². The number of halogens is 4. The van der Waals surface area contributed by atoms with Crippen LogP contribution in [0, 0.1) is 24.1 Å². The fourth-order valence-electron chi connectivity index (χ4n) is 2.05. The van der Waals surface area contributed by atoms with E-state index in [9.17, 15) is 27.5 Å². The van der Waals surface area contributed by atoms with Crippen LogP contribution in [0.5, 0.6) is 5.75 Å². The number of aryl methyl sites for hydroxylation is 1. The number of hydrogen-bond acceptors (Lipinski definition) is 3. The van der Waals surface area contributed by atoms with E-state index in [4.69, 9.17) is 5.26 Å². The topological polar surface area (TPSA) is 76.9 Å². The van der Waals surface area contributed by atoms with Crippen molar-refractivity contribution in [3.05, 3.63) is 51.2 Å². The maximum absolute atomic E-state index is 13.9. The van der Waals surface area contributed by atoms with Crippen LogP contribution in [0.3, 0.4) is 0 Å². The third kappa shape index (κ3) is 2.53. The van der Waals surface area contributed by atoms with Crippen LogP contribution in [0.25, 0.3) is 11.1 Å². The molecule has 1 aromatic carbocycles. The molecule has 0 unspecified atom stereocenters. The summed E-state index contributed by atoms with van der Waals surface area (Å²) in [5.41, 5.74) is -3.95. The molecule has 22 heavy (non-hydrogen) atoms. The largest absolute Gasteiger partial charge is 0.507 e. The van der Waals surface area contributed by atoms with E-state index in [1.165, 1.54) is 13.0 Å². The fraction of sp³-hybridized carbons (Fsp3) is 0.143. The van der Waals surface area contributed by atoms with Crippen molar-refractivity contribution < 1.29 is 22.7 Å². The van der Waals surface area contributed by atoms with Crippen molar-refractivity contribution in [3.63, 3.8) is 0 Å². The zero-order valence-electron chi connectivity index (χ0n) is 11.0. The Morgan fingerprint density at radius 1 is 1.32 bits per heavy atom. The number of aromatic nitrogens is 1. The first-order chi connectivity index (χ1) is 10.2. The van der Waals surface area contributed by atoms with Gasteiger partial charge >= 0.3 is 6.18 Å². The van der Waals surface area contributed by atoms with E-state index < -0.39 is 45.6 Å². The average Bonchev–Trinajstić information content (AvgIpc) is 2.36. The number of aromatic hydroxyl groups is 1. The van der Waals surface area contributed by atoms with Gasteiger partial charge in [0, 0.05) is 11.3 Å². The second-order valence-electron chi connectivity index (χ2n) is 4.50. The van der Waals surface area contributed by atoms with Crippen LogP contribution in [0.2, 0.25) is 0 Å². The Morgan fingerprint density at radius 2 is 1.95 bits per heavy atom. The van der Waals surface area contributed by atoms with E-state index in [-0.39, 0.29) is 5.69 Å². The van der Waals surface area contributed by atoms with Gasteiger partial charge in [0.25, 0.3) is 5.56 Å². The van der Waals surface area contributed by atoms with E-state index in [0.29, 0.717) is 12.1 Å². The van der Waals surface area contributed by atoms with Crippen molar-refractivity contribution in [2.75, 3.05) is 0 Å². The van der Waals surface area contributed by atoms with Gasteiger partial charge in [-0.05, 0) is 25.1 Å². The van der Waals surface area contributed by atoms with Crippen molar-refractivity contribution in [2.45, 2.75) is 13.1 Å². The van der Waals surface area contributed by atoms with Crippen LogP contribution >= 0.6 is 0 Å². The number of phenols is 1. The van der Waals surface area contributed by atoms with Crippen LogP contribution in [0.4, 0.5) is 17.6 Å². The molecule has 2 N–H and O–H groups in total. The summed E-state index contributed by atoms with van der Waals surface area (Å²) in [6.45, 7) is 1.41. The van der Waals surface area contributed by atoms with Crippen LogP contribution in [0.1, 0.15) is 16.8 Å². The Hall–Kier alpha value is -2.82. The molecular formula is C14H8F4N2O2. The normalized spacial score (nSPS) is 11.3. The Kier molecular flexibility index (Phi) is 3.67. The van der Waals surface area contributed by atoms with Gasteiger partial charge < -0.3 is 10.1 Å². The number of alkyl halides is 3. The number of nitriles is 1. The van der Waals surface area contributed by atoms with E-state index in [1.807, 2.05) is 0 Å². The molecule has 0 fully saturated rings. The zero-order valence-corrected chi connectivity index (χ0v) is 11.0. The Balaban J connectivity index is 2.91. The molecule has 4 nitrogen and oxygen atoms in total. The number of nitrogens with one attached hydrogen (secondary N) is 1. The van der Waals surface area contributed by atoms with Gasteiger partial charge in [-0.2, -0.15) is 18.4 Å². The molecule has 0 aliphatic heterocycles. The minimum Gasteiger partial charge on any atom is -0.507 e. The minimum absolute atomic E-state index is 0.204. The van der Waals surface area contributed by atoms with Crippen molar-refractivity contribution in [3.8, 4) is 22.9 Å². The lowest BCUT2D eigenvalue weighted by Crippen LogP contribution is -2.14. The van der Waals surface area contributed by atoms with E-state index in [2.05, 4.69) is 4.98 Å². The molecule has 0 bridgehead atoms. The summed E-state index contributed by atoms with van der Waals surface area (Å²) >= 11 is 0. The second-order valence-corrected chi connectivity index (χ2v) is 4.50. The number of aromatic amines is 1. The maximum Gasteiger partial charge on any atom is 0.419 e. The third-order valence-corrected chi connectivity index (χ3v) is 2.98. The number of pyridine rings is 1. The third-order valence-electron chi connectivity index (χ3n) is 2.98. The van der Waals surface area contributed by atoms with Crippen LogP contribution < -0.4 is 5.56 Å². The van der Waals surface area contributed by atoms with Crippen LogP contribution in [-0.2, 0) is 6.18 Å². The van der Waals surface area contributed by atoms with Crippen molar-refractivity contribution in [1.82, 2.24) is 4.98 Å². The maximum atomic E-state index is 13.9. The molecule has 0 saturated heterocycles. The molecule has 2 aromatic rings.